The second kappa shape index (κ2) is 11.0. The van der Waals surface area contributed by atoms with Gasteiger partial charge in [-0.25, -0.2) is 0 Å². The summed E-state index contributed by atoms with van der Waals surface area (Å²) < 4.78 is 5.83. The van der Waals surface area contributed by atoms with E-state index in [9.17, 15) is 9.59 Å². The molecule has 30 heavy (non-hydrogen) atoms. The molecule has 0 spiro atoms. The second-order valence-corrected chi connectivity index (χ2v) is 8.17. The molecule has 2 rings (SSSR count). The van der Waals surface area contributed by atoms with Gasteiger partial charge in [-0.1, -0.05) is 48.9 Å². The van der Waals surface area contributed by atoms with Crippen molar-refractivity contribution in [2.75, 3.05) is 6.61 Å². The van der Waals surface area contributed by atoms with Crippen molar-refractivity contribution in [3.63, 3.8) is 0 Å². The lowest BCUT2D eigenvalue weighted by Crippen LogP contribution is -2.51. The summed E-state index contributed by atoms with van der Waals surface area (Å²) in [6, 6.07) is 12.6. The minimum absolute atomic E-state index is 0.0185. The van der Waals surface area contributed by atoms with Gasteiger partial charge in [0.1, 0.15) is 11.8 Å². The van der Waals surface area contributed by atoms with Crippen LogP contribution in [-0.4, -0.2) is 35.4 Å². The van der Waals surface area contributed by atoms with Crippen molar-refractivity contribution < 1.29 is 14.3 Å². The first kappa shape index (κ1) is 23.7. The van der Waals surface area contributed by atoms with Crippen LogP contribution in [0.1, 0.15) is 43.9 Å². The highest BCUT2D eigenvalue weighted by Crippen LogP contribution is 2.22. The molecular weight excluding hydrogens is 400 g/mol. The molecule has 0 unspecified atom stereocenters. The van der Waals surface area contributed by atoms with E-state index in [1.165, 1.54) is 0 Å². The molecule has 2 aromatic rings. The van der Waals surface area contributed by atoms with Gasteiger partial charge >= 0.3 is 0 Å². The highest BCUT2D eigenvalue weighted by atomic mass is 35.5. The lowest BCUT2D eigenvalue weighted by atomic mass is 10.1. The van der Waals surface area contributed by atoms with Crippen molar-refractivity contribution in [1.82, 2.24) is 10.2 Å². The van der Waals surface area contributed by atoms with E-state index < -0.39 is 6.04 Å². The van der Waals surface area contributed by atoms with Crippen LogP contribution in [0.25, 0.3) is 0 Å². The number of rotatable bonds is 9. The first-order valence-electron chi connectivity index (χ1n) is 10.3. The molecule has 2 aromatic carbocycles. The van der Waals surface area contributed by atoms with E-state index in [2.05, 4.69) is 5.32 Å². The summed E-state index contributed by atoms with van der Waals surface area (Å²) in [4.78, 5) is 27.6. The van der Waals surface area contributed by atoms with Crippen LogP contribution in [0.3, 0.4) is 0 Å². The largest absolute Gasteiger partial charge is 0.483 e. The average molecular weight is 431 g/mol. The quantitative estimate of drug-likeness (QED) is 0.629. The molecule has 5 nitrogen and oxygen atoms in total. The summed E-state index contributed by atoms with van der Waals surface area (Å²) in [7, 11) is 0. The normalized spacial score (nSPS) is 11.8. The van der Waals surface area contributed by atoms with Gasteiger partial charge in [-0.3, -0.25) is 9.59 Å². The van der Waals surface area contributed by atoms with Gasteiger partial charge in [0.2, 0.25) is 5.91 Å². The number of carbonyl (C=O) groups is 2. The molecule has 0 radical (unpaired) electrons. The van der Waals surface area contributed by atoms with Gasteiger partial charge in [-0.2, -0.15) is 0 Å². The molecule has 0 fully saturated rings. The minimum Gasteiger partial charge on any atom is -0.483 e. The van der Waals surface area contributed by atoms with Crippen molar-refractivity contribution in [2.45, 2.75) is 59.7 Å². The van der Waals surface area contributed by atoms with Crippen LogP contribution in [0, 0.1) is 13.8 Å². The third-order valence-corrected chi connectivity index (χ3v) is 5.18. The molecule has 0 aromatic heterocycles. The zero-order chi connectivity index (χ0) is 22.3. The van der Waals surface area contributed by atoms with E-state index in [0.29, 0.717) is 17.2 Å². The maximum atomic E-state index is 13.2. The van der Waals surface area contributed by atoms with Gasteiger partial charge in [0.15, 0.2) is 6.61 Å². The van der Waals surface area contributed by atoms with Crippen LogP contribution in [0.5, 0.6) is 5.75 Å². The number of hydrogen-bond acceptors (Lipinski definition) is 3. The third kappa shape index (κ3) is 6.49. The van der Waals surface area contributed by atoms with Crippen LogP contribution in [0.2, 0.25) is 5.02 Å². The Kier molecular flexibility index (Phi) is 8.72. The Balaban J connectivity index is 2.26. The number of ether oxygens (including phenoxy) is 1. The van der Waals surface area contributed by atoms with E-state index in [4.69, 9.17) is 16.3 Å². The Labute approximate surface area is 184 Å². The van der Waals surface area contributed by atoms with Crippen LogP contribution in [0.4, 0.5) is 0 Å². The lowest BCUT2D eigenvalue weighted by Gasteiger charge is -2.31. The van der Waals surface area contributed by atoms with E-state index >= 15 is 0 Å². The monoisotopic (exact) mass is 430 g/mol. The molecule has 1 atom stereocenters. The van der Waals surface area contributed by atoms with E-state index in [1.807, 2.05) is 71.0 Å². The molecule has 0 aliphatic rings. The number of hydrogen-bond donors (Lipinski definition) is 1. The van der Waals surface area contributed by atoms with E-state index in [0.717, 1.165) is 16.7 Å². The molecule has 0 saturated heterocycles. The van der Waals surface area contributed by atoms with Crippen LogP contribution in [0.15, 0.2) is 42.5 Å². The molecule has 1 N–H and O–H groups in total. The van der Waals surface area contributed by atoms with Gasteiger partial charge < -0.3 is 15.0 Å². The Hall–Kier alpha value is -2.53. The average Bonchev–Trinajstić information content (AvgIpc) is 2.69. The van der Waals surface area contributed by atoms with Gasteiger partial charge in [0, 0.05) is 17.6 Å². The number of aryl methyl sites for hydroxylation is 2. The number of amides is 2. The Morgan fingerprint density at radius 3 is 2.47 bits per heavy atom. The van der Waals surface area contributed by atoms with E-state index in [-0.39, 0.29) is 31.0 Å². The number of nitrogens with zero attached hydrogens (tertiary/aromatic N) is 1. The number of nitrogens with one attached hydrogen (secondary N) is 1. The van der Waals surface area contributed by atoms with Crippen molar-refractivity contribution in [3.05, 3.63) is 64.2 Å². The lowest BCUT2D eigenvalue weighted by molar-refractivity contribution is -0.143. The topological polar surface area (TPSA) is 58.6 Å². The fourth-order valence-corrected chi connectivity index (χ4v) is 3.39. The smallest absolute Gasteiger partial charge is 0.261 e. The summed E-state index contributed by atoms with van der Waals surface area (Å²) in [5, 5.41) is 3.47. The van der Waals surface area contributed by atoms with Crippen molar-refractivity contribution >= 4 is 23.4 Å². The Morgan fingerprint density at radius 2 is 1.83 bits per heavy atom. The number of benzene rings is 2. The third-order valence-electron chi connectivity index (χ3n) is 4.81. The molecule has 0 aliphatic heterocycles. The first-order chi connectivity index (χ1) is 14.2. The second-order valence-electron chi connectivity index (χ2n) is 7.76. The predicted molar refractivity (Wildman–Crippen MR) is 121 cm³/mol. The maximum absolute atomic E-state index is 13.2. The molecule has 0 saturated carbocycles. The standard InChI is InChI=1S/C24H31ClN2O3/c1-6-21(24(29)26-16(2)3)27(14-19-9-7-8-10-20(19)25)23(28)15-30-22-13-17(4)11-12-18(22)5/h7-13,16,21H,6,14-15H2,1-5H3,(H,26,29)/t21-/m0/s1. The fraction of sp³-hybridized carbons (Fsp3) is 0.417. The van der Waals surface area contributed by atoms with Crippen molar-refractivity contribution in [1.29, 1.82) is 0 Å². The van der Waals surface area contributed by atoms with Gasteiger partial charge in [0.05, 0.1) is 0 Å². The fourth-order valence-electron chi connectivity index (χ4n) is 3.20. The number of halogens is 1. The molecule has 0 aliphatic carbocycles. The zero-order valence-corrected chi connectivity index (χ0v) is 19.1. The van der Waals surface area contributed by atoms with Gasteiger partial charge in [0.25, 0.3) is 5.91 Å². The Bertz CT molecular complexity index is 883. The number of carbonyl (C=O) groups excluding carboxylic acids is 2. The predicted octanol–water partition coefficient (Wildman–Crippen LogP) is 4.67. The highest BCUT2D eigenvalue weighted by Gasteiger charge is 2.29. The molecule has 6 heteroatoms. The van der Waals surface area contributed by atoms with Crippen LogP contribution in [-0.2, 0) is 16.1 Å². The molecule has 0 heterocycles. The van der Waals surface area contributed by atoms with Gasteiger partial charge in [-0.15, -0.1) is 0 Å². The molecule has 2 amide bonds. The molecular formula is C24H31ClN2O3. The zero-order valence-electron chi connectivity index (χ0n) is 18.4. The Morgan fingerprint density at radius 1 is 1.13 bits per heavy atom. The van der Waals surface area contributed by atoms with Crippen molar-refractivity contribution in [2.24, 2.45) is 0 Å². The minimum atomic E-state index is -0.613. The summed E-state index contributed by atoms with van der Waals surface area (Å²) in [6.45, 7) is 9.68. The maximum Gasteiger partial charge on any atom is 0.261 e. The van der Waals surface area contributed by atoms with E-state index in [1.54, 1.807) is 11.0 Å². The first-order valence-corrected chi connectivity index (χ1v) is 10.6. The summed E-state index contributed by atoms with van der Waals surface area (Å²) in [6.07, 6.45) is 0.484. The van der Waals surface area contributed by atoms with Gasteiger partial charge in [-0.05, 0) is 62.9 Å². The summed E-state index contributed by atoms with van der Waals surface area (Å²) in [5.74, 6) is 0.224. The molecule has 0 bridgehead atoms. The van der Waals surface area contributed by atoms with Crippen LogP contribution < -0.4 is 10.1 Å². The van der Waals surface area contributed by atoms with Crippen LogP contribution >= 0.6 is 11.6 Å². The molecule has 162 valence electrons. The summed E-state index contributed by atoms with van der Waals surface area (Å²) >= 11 is 6.33. The SMILES string of the molecule is CC[C@@H](C(=O)NC(C)C)N(Cc1ccccc1Cl)C(=O)COc1cc(C)ccc1C. The highest BCUT2D eigenvalue weighted by molar-refractivity contribution is 6.31. The van der Waals surface area contributed by atoms with Crippen molar-refractivity contribution in [3.8, 4) is 5.75 Å². The summed E-state index contributed by atoms with van der Waals surface area (Å²) in [5.41, 5.74) is 2.80.